The lowest BCUT2D eigenvalue weighted by atomic mass is 10.1. The monoisotopic (exact) mass is 424 g/mol. The van der Waals surface area contributed by atoms with Gasteiger partial charge in [-0.3, -0.25) is 0 Å². The number of hydrogen-bond donors (Lipinski definition) is 1. The smallest absolute Gasteiger partial charge is 0.246 e. The molecule has 0 spiro atoms. The Morgan fingerprint density at radius 3 is 2.52 bits per heavy atom. The average molecular weight is 425 g/mol. The summed E-state index contributed by atoms with van der Waals surface area (Å²) in [6.45, 7) is 10.0. The van der Waals surface area contributed by atoms with Crippen molar-refractivity contribution >= 4 is 17.3 Å². The predicted octanol–water partition coefficient (Wildman–Crippen LogP) is 4.00. The third kappa shape index (κ3) is 5.32. The van der Waals surface area contributed by atoms with Gasteiger partial charge in [0.25, 0.3) is 0 Å². The molecule has 2 heterocycles. The topological polar surface area (TPSA) is 58.5 Å². The van der Waals surface area contributed by atoms with E-state index in [9.17, 15) is 4.39 Å². The van der Waals surface area contributed by atoms with Gasteiger partial charge >= 0.3 is 0 Å². The SMILES string of the molecule is Cc1cc(Nc2ncn(-c3cc(F)cc(OC(C)C)c3)n2)cc(N2CCN(C)CC2)c1. The van der Waals surface area contributed by atoms with E-state index in [-0.39, 0.29) is 11.9 Å². The van der Waals surface area contributed by atoms with Crippen molar-refractivity contribution in [2.45, 2.75) is 26.9 Å². The summed E-state index contributed by atoms with van der Waals surface area (Å²) in [5.41, 5.74) is 3.84. The fourth-order valence-electron chi connectivity index (χ4n) is 3.68. The van der Waals surface area contributed by atoms with Crippen molar-refractivity contribution < 1.29 is 9.13 Å². The van der Waals surface area contributed by atoms with E-state index in [1.165, 1.54) is 28.1 Å². The van der Waals surface area contributed by atoms with Gasteiger partial charge in [0.05, 0.1) is 11.8 Å². The zero-order valence-corrected chi connectivity index (χ0v) is 18.5. The molecule has 1 saturated heterocycles. The molecule has 3 aromatic rings. The molecule has 164 valence electrons. The fraction of sp³-hybridized carbons (Fsp3) is 0.391. The summed E-state index contributed by atoms with van der Waals surface area (Å²) in [7, 11) is 2.15. The van der Waals surface area contributed by atoms with Crippen LogP contribution in [0.3, 0.4) is 0 Å². The number of nitrogens with zero attached hydrogens (tertiary/aromatic N) is 5. The van der Waals surface area contributed by atoms with E-state index in [4.69, 9.17) is 4.74 Å². The van der Waals surface area contributed by atoms with Crippen molar-refractivity contribution in [2.24, 2.45) is 0 Å². The molecule has 31 heavy (non-hydrogen) atoms. The van der Waals surface area contributed by atoms with Crippen LogP contribution in [0.5, 0.6) is 5.75 Å². The van der Waals surface area contributed by atoms with Crippen LogP contribution in [-0.4, -0.2) is 59.0 Å². The molecule has 0 atom stereocenters. The predicted molar refractivity (Wildman–Crippen MR) is 121 cm³/mol. The Hall–Kier alpha value is -3.13. The first-order chi connectivity index (χ1) is 14.9. The molecule has 7 nitrogen and oxygen atoms in total. The summed E-state index contributed by atoms with van der Waals surface area (Å²) in [6.07, 6.45) is 1.52. The maximum absolute atomic E-state index is 14.0. The van der Waals surface area contributed by atoms with Crippen LogP contribution in [0.1, 0.15) is 19.4 Å². The Bertz CT molecular complexity index is 1040. The van der Waals surface area contributed by atoms with Crippen LogP contribution in [0.15, 0.2) is 42.7 Å². The standard InChI is InChI=1S/C23H29FN6O/c1-16(2)31-22-12-18(24)11-21(14-22)30-15-25-23(27-30)26-19-9-17(3)10-20(13-19)29-7-5-28(4)6-8-29/h9-16H,5-8H2,1-4H3,(H,26,27). The number of anilines is 3. The van der Waals surface area contributed by atoms with E-state index >= 15 is 0 Å². The van der Waals surface area contributed by atoms with Crippen LogP contribution in [0.25, 0.3) is 5.69 Å². The van der Waals surface area contributed by atoms with Gasteiger partial charge in [0.2, 0.25) is 5.95 Å². The first kappa shape index (κ1) is 21.1. The number of halogens is 1. The van der Waals surface area contributed by atoms with E-state index in [0.29, 0.717) is 17.4 Å². The summed E-state index contributed by atoms with van der Waals surface area (Å²) in [5, 5.41) is 7.75. The van der Waals surface area contributed by atoms with Crippen LogP contribution >= 0.6 is 0 Å². The highest BCUT2D eigenvalue weighted by molar-refractivity contribution is 5.64. The number of hydrogen-bond acceptors (Lipinski definition) is 6. The minimum Gasteiger partial charge on any atom is -0.491 e. The number of aromatic nitrogens is 3. The van der Waals surface area contributed by atoms with Gasteiger partial charge in [0, 0.05) is 49.7 Å². The molecule has 0 amide bonds. The van der Waals surface area contributed by atoms with Crippen LogP contribution in [0, 0.1) is 12.7 Å². The molecule has 0 saturated carbocycles. The molecule has 4 rings (SSSR count). The minimum absolute atomic E-state index is 0.0431. The van der Waals surface area contributed by atoms with Crippen LogP contribution in [-0.2, 0) is 0 Å². The summed E-state index contributed by atoms with van der Waals surface area (Å²) >= 11 is 0. The Labute approximate surface area is 182 Å². The molecule has 8 heteroatoms. The number of rotatable bonds is 6. The summed E-state index contributed by atoms with van der Waals surface area (Å²) < 4.78 is 21.2. The average Bonchev–Trinajstić information content (AvgIpc) is 3.15. The van der Waals surface area contributed by atoms with Crippen molar-refractivity contribution in [2.75, 3.05) is 43.4 Å². The van der Waals surface area contributed by atoms with Crippen molar-refractivity contribution in [3.8, 4) is 11.4 Å². The Balaban J connectivity index is 1.52. The first-order valence-electron chi connectivity index (χ1n) is 10.6. The normalized spacial score (nSPS) is 14.8. The second-order valence-corrected chi connectivity index (χ2v) is 8.30. The molecule has 1 aliphatic heterocycles. The molecule has 0 radical (unpaired) electrons. The van der Waals surface area contributed by atoms with Crippen LogP contribution < -0.4 is 15.0 Å². The maximum Gasteiger partial charge on any atom is 0.246 e. The highest BCUT2D eigenvalue weighted by Crippen LogP contribution is 2.25. The molecule has 1 aliphatic rings. The maximum atomic E-state index is 14.0. The molecule has 1 fully saturated rings. The van der Waals surface area contributed by atoms with E-state index in [1.807, 2.05) is 13.8 Å². The van der Waals surface area contributed by atoms with E-state index in [0.717, 1.165) is 31.9 Å². The zero-order valence-electron chi connectivity index (χ0n) is 18.5. The van der Waals surface area contributed by atoms with Gasteiger partial charge in [-0.05, 0) is 57.6 Å². The van der Waals surface area contributed by atoms with Gasteiger partial charge in [-0.15, -0.1) is 5.10 Å². The first-order valence-corrected chi connectivity index (χ1v) is 10.6. The van der Waals surface area contributed by atoms with Gasteiger partial charge in [0.15, 0.2) is 0 Å². The highest BCUT2D eigenvalue weighted by atomic mass is 19.1. The van der Waals surface area contributed by atoms with Gasteiger partial charge in [0.1, 0.15) is 17.9 Å². The Kier molecular flexibility index (Phi) is 6.08. The van der Waals surface area contributed by atoms with Gasteiger partial charge in [-0.1, -0.05) is 0 Å². The molecule has 2 aromatic carbocycles. The molecular formula is C23H29FN6O. The second-order valence-electron chi connectivity index (χ2n) is 8.30. The zero-order chi connectivity index (χ0) is 22.0. The van der Waals surface area contributed by atoms with Crippen LogP contribution in [0.4, 0.5) is 21.7 Å². The Morgan fingerprint density at radius 2 is 1.77 bits per heavy atom. The van der Waals surface area contributed by atoms with Crippen molar-refractivity contribution in [1.82, 2.24) is 19.7 Å². The van der Waals surface area contributed by atoms with Gasteiger partial charge < -0.3 is 19.9 Å². The van der Waals surface area contributed by atoms with Crippen molar-refractivity contribution in [3.63, 3.8) is 0 Å². The number of benzene rings is 2. The summed E-state index contributed by atoms with van der Waals surface area (Å²) in [5.74, 6) is 0.532. The lowest BCUT2D eigenvalue weighted by molar-refractivity contribution is 0.241. The lowest BCUT2D eigenvalue weighted by Crippen LogP contribution is -2.44. The van der Waals surface area contributed by atoms with Crippen molar-refractivity contribution in [1.29, 1.82) is 0 Å². The molecular weight excluding hydrogens is 395 g/mol. The minimum atomic E-state index is -0.381. The number of aryl methyl sites for hydroxylation is 1. The fourth-order valence-corrected chi connectivity index (χ4v) is 3.68. The number of likely N-dealkylation sites (N-methyl/N-ethyl adjacent to an activating group) is 1. The van der Waals surface area contributed by atoms with E-state index in [1.54, 1.807) is 12.4 Å². The van der Waals surface area contributed by atoms with Crippen LogP contribution in [0.2, 0.25) is 0 Å². The van der Waals surface area contributed by atoms with Gasteiger partial charge in [-0.25, -0.2) is 9.07 Å². The largest absolute Gasteiger partial charge is 0.491 e. The number of ether oxygens (including phenoxy) is 1. The van der Waals surface area contributed by atoms with E-state index in [2.05, 4.69) is 57.4 Å². The summed E-state index contributed by atoms with van der Waals surface area (Å²) in [6, 6.07) is 10.9. The third-order valence-electron chi connectivity index (χ3n) is 5.17. The Morgan fingerprint density at radius 1 is 1.00 bits per heavy atom. The van der Waals surface area contributed by atoms with Crippen molar-refractivity contribution in [3.05, 3.63) is 54.1 Å². The quantitative estimate of drug-likeness (QED) is 0.646. The molecule has 0 unspecified atom stereocenters. The second kappa shape index (κ2) is 8.93. The molecule has 0 aliphatic carbocycles. The van der Waals surface area contributed by atoms with Gasteiger partial charge in [-0.2, -0.15) is 4.98 Å². The van der Waals surface area contributed by atoms with E-state index < -0.39 is 0 Å². The molecule has 0 bridgehead atoms. The summed E-state index contributed by atoms with van der Waals surface area (Å²) in [4.78, 5) is 9.08. The number of piperazine rings is 1. The molecule has 1 N–H and O–H groups in total. The lowest BCUT2D eigenvalue weighted by Gasteiger charge is -2.34. The third-order valence-corrected chi connectivity index (χ3v) is 5.17. The molecule has 1 aromatic heterocycles. The number of nitrogens with one attached hydrogen (secondary N) is 1. The highest BCUT2D eigenvalue weighted by Gasteiger charge is 2.15.